The fourth-order valence-corrected chi connectivity index (χ4v) is 2.56. The number of primary amides is 1. The Bertz CT molecular complexity index is 518. The molecule has 0 radical (unpaired) electrons. The van der Waals surface area contributed by atoms with Crippen molar-refractivity contribution in [3.05, 3.63) is 27.7 Å². The maximum atomic E-state index is 11.6. The standard InChI is InChI=1S/C8H8BrClN2O3S/c9-6-3-5(1-2-7(6)10)16(14,15)12-4-8(11)13/h1-3,12H,4H2,(H2,11,13). The first-order valence-electron chi connectivity index (χ1n) is 4.06. The second-order valence-electron chi connectivity index (χ2n) is 2.87. The number of rotatable bonds is 4. The Morgan fingerprint density at radius 2 is 2.12 bits per heavy atom. The largest absolute Gasteiger partial charge is 0.369 e. The van der Waals surface area contributed by atoms with Crippen LogP contribution >= 0.6 is 27.5 Å². The van der Waals surface area contributed by atoms with Crippen LogP contribution in [-0.4, -0.2) is 20.9 Å². The van der Waals surface area contributed by atoms with Crippen LogP contribution in [-0.2, 0) is 14.8 Å². The summed E-state index contributed by atoms with van der Waals surface area (Å²) in [6.45, 7) is -0.442. The summed E-state index contributed by atoms with van der Waals surface area (Å²) in [4.78, 5) is 10.5. The molecule has 3 N–H and O–H groups in total. The number of benzene rings is 1. The number of nitrogens with two attached hydrogens (primary N) is 1. The Balaban J connectivity index is 2.99. The van der Waals surface area contributed by atoms with Gasteiger partial charge in [-0.1, -0.05) is 11.6 Å². The van der Waals surface area contributed by atoms with Crippen LogP contribution in [0.2, 0.25) is 5.02 Å². The third kappa shape index (κ3) is 3.44. The quantitative estimate of drug-likeness (QED) is 0.860. The number of hydrogen-bond donors (Lipinski definition) is 2. The molecule has 1 aromatic carbocycles. The number of halogens is 2. The zero-order valence-corrected chi connectivity index (χ0v) is 11.1. The molecule has 0 aromatic heterocycles. The molecule has 0 saturated heterocycles. The molecule has 0 spiro atoms. The zero-order valence-electron chi connectivity index (χ0n) is 7.91. The van der Waals surface area contributed by atoms with Gasteiger partial charge < -0.3 is 5.73 Å². The first-order valence-corrected chi connectivity index (χ1v) is 6.71. The van der Waals surface area contributed by atoms with Crippen LogP contribution in [0.25, 0.3) is 0 Å². The Morgan fingerprint density at radius 3 is 2.62 bits per heavy atom. The summed E-state index contributed by atoms with van der Waals surface area (Å²) in [6.07, 6.45) is 0. The van der Waals surface area contributed by atoms with Gasteiger partial charge in [-0.05, 0) is 34.1 Å². The molecule has 88 valence electrons. The summed E-state index contributed by atoms with van der Waals surface area (Å²) >= 11 is 8.82. The normalized spacial score (nSPS) is 11.4. The zero-order chi connectivity index (χ0) is 12.3. The third-order valence-corrected chi connectivity index (χ3v) is 4.25. The Labute approximate surface area is 106 Å². The molecule has 0 aliphatic rings. The summed E-state index contributed by atoms with van der Waals surface area (Å²) in [6, 6.07) is 4.10. The lowest BCUT2D eigenvalue weighted by Crippen LogP contribution is -2.33. The average Bonchev–Trinajstić information content (AvgIpc) is 2.19. The molecule has 0 aliphatic carbocycles. The average molecular weight is 328 g/mol. The van der Waals surface area contributed by atoms with Crippen molar-refractivity contribution < 1.29 is 13.2 Å². The number of sulfonamides is 1. The van der Waals surface area contributed by atoms with Gasteiger partial charge >= 0.3 is 0 Å². The molecule has 0 saturated carbocycles. The van der Waals surface area contributed by atoms with Gasteiger partial charge in [-0.2, -0.15) is 0 Å². The van der Waals surface area contributed by atoms with E-state index in [1.54, 1.807) is 0 Å². The monoisotopic (exact) mass is 326 g/mol. The molecule has 0 unspecified atom stereocenters. The van der Waals surface area contributed by atoms with E-state index >= 15 is 0 Å². The van der Waals surface area contributed by atoms with Crippen molar-refractivity contribution >= 4 is 43.5 Å². The number of hydrogen-bond acceptors (Lipinski definition) is 3. The minimum Gasteiger partial charge on any atom is -0.369 e. The van der Waals surface area contributed by atoms with E-state index in [4.69, 9.17) is 17.3 Å². The molecular weight excluding hydrogens is 320 g/mol. The van der Waals surface area contributed by atoms with Crippen LogP contribution in [0, 0.1) is 0 Å². The van der Waals surface area contributed by atoms with E-state index in [-0.39, 0.29) is 4.90 Å². The van der Waals surface area contributed by atoms with E-state index in [0.29, 0.717) is 9.50 Å². The molecule has 1 aromatic rings. The van der Waals surface area contributed by atoms with E-state index in [0.717, 1.165) is 0 Å². The highest BCUT2D eigenvalue weighted by Gasteiger charge is 2.15. The second-order valence-corrected chi connectivity index (χ2v) is 5.90. The smallest absolute Gasteiger partial charge is 0.241 e. The van der Waals surface area contributed by atoms with Gasteiger partial charge in [0.2, 0.25) is 15.9 Å². The van der Waals surface area contributed by atoms with Crippen molar-refractivity contribution in [1.82, 2.24) is 4.72 Å². The van der Waals surface area contributed by atoms with E-state index in [1.165, 1.54) is 18.2 Å². The molecule has 0 atom stereocenters. The first kappa shape index (κ1) is 13.4. The summed E-state index contributed by atoms with van der Waals surface area (Å²) < 4.78 is 25.7. The molecule has 0 bridgehead atoms. The number of carbonyl (C=O) groups excluding carboxylic acids is 1. The van der Waals surface area contributed by atoms with Crippen molar-refractivity contribution in [1.29, 1.82) is 0 Å². The molecule has 8 heteroatoms. The lowest BCUT2D eigenvalue weighted by molar-refractivity contribution is -0.116. The topological polar surface area (TPSA) is 89.3 Å². The molecule has 1 rings (SSSR count). The van der Waals surface area contributed by atoms with Gasteiger partial charge in [0.25, 0.3) is 0 Å². The van der Waals surface area contributed by atoms with Crippen LogP contribution in [0.3, 0.4) is 0 Å². The number of amides is 1. The molecule has 5 nitrogen and oxygen atoms in total. The summed E-state index contributed by atoms with van der Waals surface area (Å²) in [5.41, 5.74) is 4.84. The van der Waals surface area contributed by atoms with Crippen molar-refractivity contribution in [2.24, 2.45) is 5.73 Å². The Kier molecular flexibility index (Phi) is 4.31. The summed E-state index contributed by atoms with van der Waals surface area (Å²) in [5.74, 6) is -0.753. The fourth-order valence-electron chi connectivity index (χ4n) is 0.893. The lowest BCUT2D eigenvalue weighted by atomic mass is 10.4. The van der Waals surface area contributed by atoms with Crippen LogP contribution in [0.4, 0.5) is 0 Å². The highest BCUT2D eigenvalue weighted by molar-refractivity contribution is 9.10. The van der Waals surface area contributed by atoms with Crippen LogP contribution in [0.15, 0.2) is 27.6 Å². The molecule has 0 aliphatic heterocycles. The van der Waals surface area contributed by atoms with Gasteiger partial charge in [0.1, 0.15) is 0 Å². The van der Waals surface area contributed by atoms with Gasteiger partial charge in [-0.25, -0.2) is 13.1 Å². The molecular formula is C8H8BrClN2O3S. The lowest BCUT2D eigenvalue weighted by Gasteiger charge is -2.05. The SMILES string of the molecule is NC(=O)CNS(=O)(=O)c1ccc(Cl)c(Br)c1. The minimum atomic E-state index is -3.73. The Morgan fingerprint density at radius 1 is 1.50 bits per heavy atom. The van der Waals surface area contributed by atoms with E-state index < -0.39 is 22.5 Å². The van der Waals surface area contributed by atoms with E-state index in [1.807, 2.05) is 0 Å². The maximum absolute atomic E-state index is 11.6. The molecule has 1 amide bonds. The predicted octanol–water partition coefficient (Wildman–Crippen LogP) is 0.866. The van der Waals surface area contributed by atoms with Gasteiger partial charge in [0, 0.05) is 4.47 Å². The highest BCUT2D eigenvalue weighted by atomic mass is 79.9. The van der Waals surface area contributed by atoms with Gasteiger partial charge in [0.15, 0.2) is 0 Å². The van der Waals surface area contributed by atoms with E-state index in [2.05, 4.69) is 20.7 Å². The number of carbonyl (C=O) groups is 1. The molecule has 0 heterocycles. The second kappa shape index (κ2) is 5.13. The van der Waals surface area contributed by atoms with Crippen LogP contribution in [0.1, 0.15) is 0 Å². The summed E-state index contributed by atoms with van der Waals surface area (Å²) in [7, 11) is -3.73. The van der Waals surface area contributed by atoms with Gasteiger partial charge in [-0.15, -0.1) is 0 Å². The predicted molar refractivity (Wildman–Crippen MR) is 63.5 cm³/mol. The molecule has 16 heavy (non-hydrogen) atoms. The van der Waals surface area contributed by atoms with Crippen LogP contribution in [0.5, 0.6) is 0 Å². The fraction of sp³-hybridized carbons (Fsp3) is 0.125. The van der Waals surface area contributed by atoms with Gasteiger partial charge in [0.05, 0.1) is 16.5 Å². The number of nitrogens with one attached hydrogen (secondary N) is 1. The maximum Gasteiger partial charge on any atom is 0.241 e. The first-order chi connectivity index (χ1) is 7.33. The van der Waals surface area contributed by atoms with Gasteiger partial charge in [-0.3, -0.25) is 4.79 Å². The minimum absolute atomic E-state index is 0.00465. The molecule has 0 fully saturated rings. The van der Waals surface area contributed by atoms with Crippen molar-refractivity contribution in [3.63, 3.8) is 0 Å². The highest BCUT2D eigenvalue weighted by Crippen LogP contribution is 2.25. The van der Waals surface area contributed by atoms with Crippen molar-refractivity contribution in [2.75, 3.05) is 6.54 Å². The van der Waals surface area contributed by atoms with Crippen molar-refractivity contribution in [2.45, 2.75) is 4.90 Å². The Hall–Kier alpha value is -0.630. The van der Waals surface area contributed by atoms with Crippen LogP contribution < -0.4 is 10.5 Å². The summed E-state index contributed by atoms with van der Waals surface area (Å²) in [5, 5.41) is 0.397. The van der Waals surface area contributed by atoms with E-state index in [9.17, 15) is 13.2 Å². The third-order valence-electron chi connectivity index (χ3n) is 1.64. The van der Waals surface area contributed by atoms with Crippen molar-refractivity contribution in [3.8, 4) is 0 Å².